The predicted octanol–water partition coefficient (Wildman–Crippen LogP) is 4.77. The van der Waals surface area contributed by atoms with Crippen molar-refractivity contribution in [3.05, 3.63) is 78.4 Å². The van der Waals surface area contributed by atoms with E-state index in [0.29, 0.717) is 41.5 Å². The second-order valence-electron chi connectivity index (χ2n) is 6.43. The van der Waals surface area contributed by atoms with E-state index < -0.39 is 0 Å². The molecule has 0 bridgehead atoms. The Bertz CT molecular complexity index is 1120. The summed E-state index contributed by atoms with van der Waals surface area (Å²) in [7, 11) is 1.62. The van der Waals surface area contributed by atoms with E-state index in [-0.39, 0.29) is 5.91 Å². The second kappa shape index (κ2) is 8.58. The Balaban J connectivity index is 1.55. The van der Waals surface area contributed by atoms with Crippen LogP contribution in [0, 0.1) is 0 Å². The van der Waals surface area contributed by atoms with Crippen molar-refractivity contribution in [1.29, 1.82) is 0 Å². The van der Waals surface area contributed by atoms with E-state index in [2.05, 4.69) is 10.5 Å². The first-order valence-electron chi connectivity index (χ1n) is 9.22. The van der Waals surface area contributed by atoms with Gasteiger partial charge in [-0.25, -0.2) is 0 Å². The molecule has 0 aliphatic carbocycles. The van der Waals surface area contributed by atoms with Gasteiger partial charge in [-0.3, -0.25) is 4.79 Å². The maximum absolute atomic E-state index is 12.8. The van der Waals surface area contributed by atoms with Gasteiger partial charge in [-0.05, 0) is 30.3 Å². The van der Waals surface area contributed by atoms with E-state index in [1.165, 1.54) is 0 Å². The smallest absolute Gasteiger partial charge is 0.255 e. The van der Waals surface area contributed by atoms with Crippen molar-refractivity contribution in [2.75, 3.05) is 25.6 Å². The minimum absolute atomic E-state index is 0.221. The van der Waals surface area contributed by atoms with Crippen molar-refractivity contribution in [2.24, 2.45) is 0 Å². The molecule has 1 heterocycles. The van der Waals surface area contributed by atoms with Gasteiger partial charge in [-0.2, -0.15) is 0 Å². The number of anilines is 1. The van der Waals surface area contributed by atoms with Gasteiger partial charge >= 0.3 is 0 Å². The monoisotopic (exact) mass is 388 g/mol. The predicted molar refractivity (Wildman–Crippen MR) is 111 cm³/mol. The number of rotatable bonds is 7. The summed E-state index contributed by atoms with van der Waals surface area (Å²) in [6.07, 6.45) is 0. The average molecular weight is 388 g/mol. The van der Waals surface area contributed by atoms with Crippen LogP contribution in [0.2, 0.25) is 0 Å². The van der Waals surface area contributed by atoms with Crippen molar-refractivity contribution in [3.63, 3.8) is 0 Å². The van der Waals surface area contributed by atoms with Crippen LogP contribution >= 0.6 is 0 Å². The number of ether oxygens (including phenoxy) is 2. The molecule has 1 amide bonds. The van der Waals surface area contributed by atoms with Gasteiger partial charge < -0.3 is 19.3 Å². The highest BCUT2D eigenvalue weighted by Crippen LogP contribution is 2.29. The normalized spacial score (nSPS) is 10.8. The lowest BCUT2D eigenvalue weighted by atomic mass is 10.1. The molecule has 3 aromatic carbocycles. The Labute approximate surface area is 168 Å². The lowest BCUT2D eigenvalue weighted by Crippen LogP contribution is -2.12. The highest BCUT2D eigenvalue weighted by molar-refractivity contribution is 6.07. The van der Waals surface area contributed by atoms with Crippen LogP contribution in [0.1, 0.15) is 10.4 Å². The first-order valence-corrected chi connectivity index (χ1v) is 9.22. The molecule has 0 atom stereocenters. The quantitative estimate of drug-likeness (QED) is 0.462. The minimum atomic E-state index is -0.221. The third kappa shape index (κ3) is 4.28. The topological polar surface area (TPSA) is 73.6 Å². The van der Waals surface area contributed by atoms with Crippen LogP contribution in [0.15, 0.2) is 77.3 Å². The van der Waals surface area contributed by atoms with E-state index in [4.69, 9.17) is 14.0 Å². The average Bonchev–Trinajstić information content (AvgIpc) is 3.18. The molecular weight excluding hydrogens is 368 g/mol. The summed E-state index contributed by atoms with van der Waals surface area (Å²) in [5.41, 5.74) is 2.78. The van der Waals surface area contributed by atoms with Crippen LogP contribution in [0.4, 0.5) is 5.69 Å². The molecule has 6 heteroatoms. The molecule has 0 radical (unpaired) electrons. The van der Waals surface area contributed by atoms with E-state index >= 15 is 0 Å². The van der Waals surface area contributed by atoms with Gasteiger partial charge in [0.1, 0.15) is 17.9 Å². The number of nitrogens with one attached hydrogen (secondary N) is 1. The fraction of sp³-hybridized carbons (Fsp3) is 0.130. The van der Waals surface area contributed by atoms with Crippen molar-refractivity contribution in [2.45, 2.75) is 0 Å². The molecule has 0 aliphatic heterocycles. The Morgan fingerprint density at radius 2 is 1.86 bits per heavy atom. The van der Waals surface area contributed by atoms with Crippen LogP contribution in [0.25, 0.3) is 22.2 Å². The summed E-state index contributed by atoms with van der Waals surface area (Å²) in [5, 5.41) is 7.79. The molecule has 0 fully saturated rings. The minimum Gasteiger partial charge on any atom is -0.491 e. The summed E-state index contributed by atoms with van der Waals surface area (Å²) < 4.78 is 16.1. The van der Waals surface area contributed by atoms with Crippen LogP contribution in [0.5, 0.6) is 5.75 Å². The van der Waals surface area contributed by atoms with Crippen molar-refractivity contribution in [3.8, 4) is 17.1 Å². The summed E-state index contributed by atoms with van der Waals surface area (Å²) in [6, 6.07) is 22.3. The van der Waals surface area contributed by atoms with E-state index in [0.717, 1.165) is 10.9 Å². The summed E-state index contributed by atoms with van der Waals surface area (Å²) in [6.45, 7) is 0.944. The largest absolute Gasteiger partial charge is 0.491 e. The Kier molecular flexibility index (Phi) is 5.54. The van der Waals surface area contributed by atoms with Crippen molar-refractivity contribution >= 4 is 22.5 Å². The van der Waals surface area contributed by atoms with Crippen LogP contribution < -0.4 is 10.1 Å². The van der Waals surface area contributed by atoms with E-state index in [9.17, 15) is 4.79 Å². The molecular formula is C23H20N2O4. The van der Waals surface area contributed by atoms with Crippen LogP contribution in [-0.4, -0.2) is 31.4 Å². The van der Waals surface area contributed by atoms with Gasteiger partial charge in [0.2, 0.25) is 0 Å². The van der Waals surface area contributed by atoms with Crippen LogP contribution in [0.3, 0.4) is 0 Å². The highest BCUT2D eigenvalue weighted by Gasteiger charge is 2.14. The number of nitrogens with zero attached hydrogens (tertiary/aromatic N) is 1. The lowest BCUT2D eigenvalue weighted by molar-refractivity contribution is 0.102. The highest BCUT2D eigenvalue weighted by atomic mass is 16.5. The summed E-state index contributed by atoms with van der Waals surface area (Å²) in [4.78, 5) is 12.8. The zero-order valence-electron chi connectivity index (χ0n) is 15.9. The number of hydrogen-bond acceptors (Lipinski definition) is 5. The Morgan fingerprint density at radius 3 is 2.69 bits per heavy atom. The fourth-order valence-electron chi connectivity index (χ4n) is 2.99. The number of carbonyl (C=O) groups excluding carboxylic acids is 1. The molecule has 0 spiro atoms. The first kappa shape index (κ1) is 18.7. The molecule has 0 unspecified atom stereocenters. The van der Waals surface area contributed by atoms with Gasteiger partial charge in [0, 0.05) is 30.0 Å². The standard InChI is InChI=1S/C23H20N2O4/c1-27-12-13-28-19-9-5-8-18(15-19)24-23(26)17-10-11-21-20(14-17)22(29-25-21)16-6-3-2-4-7-16/h2-11,14-15H,12-13H2,1H3,(H,24,26). The van der Waals surface area contributed by atoms with Gasteiger partial charge in [-0.15, -0.1) is 0 Å². The molecule has 29 heavy (non-hydrogen) atoms. The van der Waals surface area contributed by atoms with Gasteiger partial charge in [0.25, 0.3) is 5.91 Å². The third-order valence-corrected chi connectivity index (χ3v) is 4.42. The van der Waals surface area contributed by atoms with Crippen LogP contribution in [-0.2, 0) is 4.74 Å². The Morgan fingerprint density at radius 1 is 1.00 bits per heavy atom. The number of aromatic nitrogens is 1. The maximum Gasteiger partial charge on any atom is 0.255 e. The number of fused-ring (bicyclic) bond motifs is 1. The molecule has 4 aromatic rings. The van der Waals surface area contributed by atoms with Gasteiger partial charge in [0.05, 0.1) is 12.0 Å². The molecule has 0 aliphatic rings. The second-order valence-corrected chi connectivity index (χ2v) is 6.43. The zero-order valence-corrected chi connectivity index (χ0v) is 15.9. The SMILES string of the molecule is COCCOc1cccc(NC(=O)c2ccc3noc(-c4ccccc4)c3c2)c1. The maximum atomic E-state index is 12.8. The molecule has 0 saturated heterocycles. The molecule has 6 nitrogen and oxygen atoms in total. The summed E-state index contributed by atoms with van der Waals surface area (Å²) in [5.74, 6) is 1.09. The van der Waals surface area contributed by atoms with Crippen molar-refractivity contribution < 1.29 is 18.8 Å². The number of benzene rings is 3. The number of methoxy groups -OCH3 is 1. The zero-order chi connectivity index (χ0) is 20.1. The number of hydrogen-bond donors (Lipinski definition) is 1. The van der Waals surface area contributed by atoms with Crippen molar-refractivity contribution in [1.82, 2.24) is 5.16 Å². The summed E-state index contributed by atoms with van der Waals surface area (Å²) >= 11 is 0. The number of amides is 1. The third-order valence-electron chi connectivity index (χ3n) is 4.42. The number of carbonyl (C=O) groups is 1. The van der Waals surface area contributed by atoms with E-state index in [1.807, 2.05) is 48.5 Å². The van der Waals surface area contributed by atoms with E-state index in [1.54, 1.807) is 31.4 Å². The molecule has 1 N–H and O–H groups in total. The van der Waals surface area contributed by atoms with Gasteiger partial charge in [-0.1, -0.05) is 41.6 Å². The Hall–Kier alpha value is -3.64. The van der Waals surface area contributed by atoms with Gasteiger partial charge in [0.15, 0.2) is 5.76 Å². The molecule has 146 valence electrons. The molecule has 1 aromatic heterocycles. The first-order chi connectivity index (χ1) is 14.2. The molecule has 0 saturated carbocycles. The lowest BCUT2D eigenvalue weighted by Gasteiger charge is -2.09. The fourth-order valence-corrected chi connectivity index (χ4v) is 2.99. The molecule has 4 rings (SSSR count).